The zero-order chi connectivity index (χ0) is 24.2. The molecule has 1 atom stereocenters. The number of hydrogen-bond acceptors (Lipinski definition) is 7. The van der Waals surface area contributed by atoms with Gasteiger partial charge in [-0.2, -0.15) is 0 Å². The van der Waals surface area contributed by atoms with Crippen LogP contribution in [0.5, 0.6) is 11.5 Å². The third kappa shape index (κ3) is 7.98. The summed E-state index contributed by atoms with van der Waals surface area (Å²) in [6.07, 6.45) is -0.615. The van der Waals surface area contributed by atoms with Gasteiger partial charge >= 0.3 is 17.9 Å². The largest absolute Gasteiger partial charge is 0.456 e. The molecule has 0 radical (unpaired) electrons. The standard InChI is InChI=1S/C24H37NO6/c1-22(2,3)19(26)29-16-12-11-15(13-17(16)30-20(27)23(4,5)6)18(14-25-10)31-21(28)24(7,8)9/h11-13,18,25H,14H2,1-10H3. The van der Waals surface area contributed by atoms with E-state index in [-0.39, 0.29) is 17.5 Å². The molecule has 1 aromatic carbocycles. The highest BCUT2D eigenvalue weighted by Gasteiger charge is 2.30. The zero-order valence-corrected chi connectivity index (χ0v) is 20.5. The molecule has 0 aliphatic carbocycles. The molecule has 0 aliphatic heterocycles. The predicted octanol–water partition coefficient (Wildman–Crippen LogP) is 4.44. The van der Waals surface area contributed by atoms with Crippen molar-refractivity contribution in [2.24, 2.45) is 16.2 Å². The Morgan fingerprint density at radius 3 is 1.65 bits per heavy atom. The van der Waals surface area contributed by atoms with Crippen LogP contribution in [0.1, 0.15) is 74.0 Å². The van der Waals surface area contributed by atoms with Gasteiger partial charge in [0.25, 0.3) is 0 Å². The maximum Gasteiger partial charge on any atom is 0.316 e. The molecule has 7 heteroatoms. The minimum Gasteiger partial charge on any atom is -0.456 e. The molecule has 1 unspecified atom stereocenters. The monoisotopic (exact) mass is 435 g/mol. The van der Waals surface area contributed by atoms with Crippen LogP contribution in [0, 0.1) is 16.2 Å². The van der Waals surface area contributed by atoms with Crippen molar-refractivity contribution in [3.05, 3.63) is 23.8 Å². The lowest BCUT2D eigenvalue weighted by atomic mass is 9.96. The van der Waals surface area contributed by atoms with Crippen molar-refractivity contribution in [1.29, 1.82) is 0 Å². The van der Waals surface area contributed by atoms with Crippen LogP contribution in [-0.2, 0) is 19.1 Å². The first-order chi connectivity index (χ1) is 14.0. The average Bonchev–Trinajstić information content (AvgIpc) is 2.60. The Morgan fingerprint density at radius 1 is 0.774 bits per heavy atom. The first kappa shape index (κ1) is 26.6. The number of ether oxygens (including phenoxy) is 3. The van der Waals surface area contributed by atoms with Crippen LogP contribution in [0.4, 0.5) is 0 Å². The molecular formula is C24H37NO6. The first-order valence-electron chi connectivity index (χ1n) is 10.4. The molecule has 0 spiro atoms. The first-order valence-corrected chi connectivity index (χ1v) is 10.4. The number of rotatable bonds is 6. The number of benzene rings is 1. The van der Waals surface area contributed by atoms with E-state index in [1.165, 1.54) is 0 Å². The Labute approximate surface area is 185 Å². The number of esters is 3. The lowest BCUT2D eigenvalue weighted by Crippen LogP contribution is -2.29. The minimum atomic E-state index is -0.760. The molecule has 0 amide bonds. The van der Waals surface area contributed by atoms with Gasteiger partial charge < -0.3 is 19.5 Å². The summed E-state index contributed by atoms with van der Waals surface area (Å²) in [6, 6.07) is 4.82. The van der Waals surface area contributed by atoms with E-state index in [1.54, 1.807) is 87.6 Å². The van der Waals surface area contributed by atoms with Crippen molar-refractivity contribution >= 4 is 17.9 Å². The van der Waals surface area contributed by atoms with Crippen LogP contribution in [0.3, 0.4) is 0 Å². The summed E-state index contributed by atoms with van der Waals surface area (Å²) in [5, 5.41) is 3.00. The van der Waals surface area contributed by atoms with E-state index in [4.69, 9.17) is 14.2 Å². The molecular weight excluding hydrogens is 398 g/mol. The molecule has 1 aromatic rings. The van der Waals surface area contributed by atoms with Crippen molar-refractivity contribution < 1.29 is 28.6 Å². The number of carbonyl (C=O) groups is 3. The smallest absolute Gasteiger partial charge is 0.316 e. The number of carbonyl (C=O) groups excluding carboxylic acids is 3. The fraction of sp³-hybridized carbons (Fsp3) is 0.625. The summed E-state index contributed by atoms with van der Waals surface area (Å²) in [4.78, 5) is 37.4. The number of likely N-dealkylation sites (N-methyl/N-ethyl adjacent to an activating group) is 1. The van der Waals surface area contributed by atoms with E-state index in [1.807, 2.05) is 0 Å². The fourth-order valence-electron chi connectivity index (χ4n) is 2.11. The Balaban J connectivity index is 3.39. The average molecular weight is 436 g/mol. The highest BCUT2D eigenvalue weighted by molar-refractivity contribution is 5.81. The molecule has 174 valence electrons. The molecule has 0 heterocycles. The highest BCUT2D eigenvalue weighted by atomic mass is 16.6. The number of hydrogen-bond donors (Lipinski definition) is 1. The maximum atomic E-state index is 12.5. The van der Waals surface area contributed by atoms with E-state index in [9.17, 15) is 14.4 Å². The summed E-state index contributed by atoms with van der Waals surface area (Å²) < 4.78 is 16.8. The van der Waals surface area contributed by atoms with E-state index in [0.29, 0.717) is 12.1 Å². The second-order valence-electron chi connectivity index (χ2n) is 10.7. The summed E-state index contributed by atoms with van der Waals surface area (Å²) in [6.45, 7) is 16.1. The Morgan fingerprint density at radius 2 is 1.23 bits per heavy atom. The SMILES string of the molecule is CNCC(OC(=O)C(C)(C)C)c1ccc(OC(=O)C(C)(C)C)c(OC(=O)C(C)(C)C)c1. The van der Waals surface area contributed by atoms with E-state index in [0.717, 1.165) is 0 Å². The Bertz CT molecular complexity index is 809. The number of nitrogens with one attached hydrogen (secondary N) is 1. The van der Waals surface area contributed by atoms with Crippen LogP contribution in [0.15, 0.2) is 18.2 Å². The molecule has 1 rings (SSSR count). The van der Waals surface area contributed by atoms with Gasteiger partial charge in [-0.3, -0.25) is 14.4 Å². The van der Waals surface area contributed by atoms with Crippen LogP contribution in [0.25, 0.3) is 0 Å². The van der Waals surface area contributed by atoms with Gasteiger partial charge in [0.05, 0.1) is 16.2 Å². The third-order valence-electron chi connectivity index (χ3n) is 4.22. The van der Waals surface area contributed by atoms with Gasteiger partial charge in [-0.25, -0.2) is 0 Å². The quantitative estimate of drug-likeness (QED) is 0.522. The van der Waals surface area contributed by atoms with Crippen molar-refractivity contribution in [2.75, 3.05) is 13.6 Å². The van der Waals surface area contributed by atoms with Crippen molar-refractivity contribution in [1.82, 2.24) is 5.32 Å². The van der Waals surface area contributed by atoms with Crippen LogP contribution in [-0.4, -0.2) is 31.5 Å². The van der Waals surface area contributed by atoms with Crippen molar-refractivity contribution in [3.63, 3.8) is 0 Å². The Kier molecular flexibility index (Phi) is 8.43. The fourth-order valence-corrected chi connectivity index (χ4v) is 2.11. The van der Waals surface area contributed by atoms with E-state index < -0.39 is 34.3 Å². The van der Waals surface area contributed by atoms with Gasteiger partial charge in [0.15, 0.2) is 11.5 Å². The van der Waals surface area contributed by atoms with Crippen molar-refractivity contribution in [3.8, 4) is 11.5 Å². The summed E-state index contributed by atoms with van der Waals surface area (Å²) >= 11 is 0. The van der Waals surface area contributed by atoms with Crippen LogP contribution < -0.4 is 14.8 Å². The summed E-state index contributed by atoms with van der Waals surface area (Å²) in [7, 11) is 1.75. The third-order valence-corrected chi connectivity index (χ3v) is 4.22. The molecule has 0 bridgehead atoms. The highest BCUT2D eigenvalue weighted by Crippen LogP contribution is 2.35. The van der Waals surface area contributed by atoms with Gasteiger partial charge in [-0.15, -0.1) is 0 Å². The van der Waals surface area contributed by atoms with Gasteiger partial charge in [-0.05, 0) is 87.1 Å². The van der Waals surface area contributed by atoms with E-state index >= 15 is 0 Å². The zero-order valence-electron chi connectivity index (χ0n) is 20.5. The molecule has 1 N–H and O–H groups in total. The van der Waals surface area contributed by atoms with Crippen LogP contribution in [0.2, 0.25) is 0 Å². The summed E-state index contributed by atoms with van der Waals surface area (Å²) in [5.41, 5.74) is -1.56. The van der Waals surface area contributed by atoms with E-state index in [2.05, 4.69) is 5.32 Å². The lowest BCUT2D eigenvalue weighted by molar-refractivity contribution is -0.158. The molecule has 0 saturated carbocycles. The molecule has 0 aromatic heterocycles. The van der Waals surface area contributed by atoms with Gasteiger partial charge in [0, 0.05) is 6.54 Å². The molecule has 0 saturated heterocycles. The summed E-state index contributed by atoms with van der Waals surface area (Å²) in [5.74, 6) is -1.06. The van der Waals surface area contributed by atoms with Gasteiger partial charge in [-0.1, -0.05) is 6.07 Å². The molecule has 0 aliphatic rings. The predicted molar refractivity (Wildman–Crippen MR) is 119 cm³/mol. The van der Waals surface area contributed by atoms with Gasteiger partial charge in [0.1, 0.15) is 6.10 Å². The maximum absolute atomic E-state index is 12.5. The van der Waals surface area contributed by atoms with Crippen molar-refractivity contribution in [2.45, 2.75) is 68.4 Å². The minimum absolute atomic E-state index is 0.0999. The van der Waals surface area contributed by atoms with Crippen LogP contribution >= 0.6 is 0 Å². The molecule has 7 nitrogen and oxygen atoms in total. The topological polar surface area (TPSA) is 90.9 Å². The molecule has 31 heavy (non-hydrogen) atoms. The Hall–Kier alpha value is -2.41. The normalized spacial score (nSPS) is 13.4. The second-order valence-corrected chi connectivity index (χ2v) is 10.7. The molecule has 0 fully saturated rings. The second kappa shape index (κ2) is 9.81. The lowest BCUT2D eigenvalue weighted by Gasteiger charge is -2.25. The van der Waals surface area contributed by atoms with Gasteiger partial charge in [0.2, 0.25) is 0 Å².